The molecule has 9 heteroatoms. The molecule has 0 atom stereocenters. The van der Waals surface area contributed by atoms with Crippen LogP contribution in [-0.2, 0) is 9.31 Å². The Bertz CT molecular complexity index is 1350. The Morgan fingerprint density at radius 2 is 1.64 bits per heavy atom. The largest absolute Gasteiger partial charge is 0.494 e. The Kier molecular flexibility index (Phi) is 4.84. The van der Waals surface area contributed by atoms with Crippen LogP contribution in [0.1, 0.15) is 38.1 Å². The Hall–Kier alpha value is -3.56. The molecule has 0 bridgehead atoms. The van der Waals surface area contributed by atoms with Crippen molar-refractivity contribution in [1.29, 1.82) is 0 Å². The molecule has 1 aliphatic heterocycles. The van der Waals surface area contributed by atoms with Gasteiger partial charge in [-0.05, 0) is 57.4 Å². The van der Waals surface area contributed by atoms with E-state index in [-0.39, 0.29) is 5.56 Å². The maximum atomic E-state index is 11.0. The van der Waals surface area contributed by atoms with Crippen molar-refractivity contribution in [3.63, 3.8) is 0 Å². The van der Waals surface area contributed by atoms with E-state index in [1.807, 2.05) is 52.0 Å². The van der Waals surface area contributed by atoms with Gasteiger partial charge in [-0.3, -0.25) is 4.98 Å². The second-order valence-corrected chi connectivity index (χ2v) is 9.07. The van der Waals surface area contributed by atoms with Crippen molar-refractivity contribution >= 4 is 29.5 Å². The molecule has 0 saturated carbocycles. The summed E-state index contributed by atoms with van der Waals surface area (Å²) < 4.78 is 17.7. The summed E-state index contributed by atoms with van der Waals surface area (Å²) in [6, 6.07) is 14.1. The van der Waals surface area contributed by atoms with Gasteiger partial charge in [0.2, 0.25) is 5.82 Å². The van der Waals surface area contributed by atoms with Crippen LogP contribution in [0.3, 0.4) is 0 Å². The second kappa shape index (κ2) is 7.50. The summed E-state index contributed by atoms with van der Waals surface area (Å²) >= 11 is 0. The average Bonchev–Trinajstić information content (AvgIpc) is 3.35. The predicted octanol–water partition coefficient (Wildman–Crippen LogP) is 3.95. The summed E-state index contributed by atoms with van der Waals surface area (Å²) in [5, 5.41) is 14.0. The molecule has 0 radical (unpaired) electrons. The highest BCUT2D eigenvalue weighted by atomic mass is 16.7. The normalized spacial score (nSPS) is 16.9. The summed E-state index contributed by atoms with van der Waals surface area (Å²) in [6.45, 7) is 8.10. The fourth-order valence-corrected chi connectivity index (χ4v) is 3.60. The highest BCUT2D eigenvalue weighted by Crippen LogP contribution is 2.36. The molecule has 1 saturated heterocycles. The minimum atomic E-state index is -0.987. The number of hydrogen-bond donors (Lipinski definition) is 1. The quantitative estimate of drug-likeness (QED) is 0.473. The number of aromatic carboxylic acids is 1. The van der Waals surface area contributed by atoms with Crippen LogP contribution in [0.15, 0.2) is 59.3 Å². The molecule has 0 spiro atoms. The lowest BCUT2D eigenvalue weighted by molar-refractivity contribution is 0.00578. The van der Waals surface area contributed by atoms with Gasteiger partial charge in [0.1, 0.15) is 0 Å². The van der Waals surface area contributed by atoms with E-state index in [1.165, 1.54) is 12.1 Å². The van der Waals surface area contributed by atoms with Crippen molar-refractivity contribution in [2.24, 2.45) is 0 Å². The minimum absolute atomic E-state index is 0.195. The zero-order valence-electron chi connectivity index (χ0n) is 18.7. The van der Waals surface area contributed by atoms with Gasteiger partial charge in [0, 0.05) is 17.1 Å². The Labute approximate surface area is 190 Å². The van der Waals surface area contributed by atoms with Gasteiger partial charge in [0.05, 0.1) is 27.8 Å². The van der Waals surface area contributed by atoms with E-state index < -0.39 is 24.3 Å². The van der Waals surface area contributed by atoms with Gasteiger partial charge >= 0.3 is 13.1 Å². The van der Waals surface area contributed by atoms with Crippen LogP contribution in [0.25, 0.3) is 33.7 Å². The summed E-state index contributed by atoms with van der Waals surface area (Å²) in [7, 11) is -0.452. The van der Waals surface area contributed by atoms with E-state index in [0.717, 1.165) is 16.4 Å². The third-order valence-electron chi connectivity index (χ3n) is 6.30. The van der Waals surface area contributed by atoms with E-state index in [9.17, 15) is 4.79 Å². The van der Waals surface area contributed by atoms with Crippen molar-refractivity contribution in [1.82, 2.24) is 15.1 Å². The Balaban J connectivity index is 1.40. The van der Waals surface area contributed by atoms with Gasteiger partial charge in [-0.25, -0.2) is 4.79 Å². The molecule has 1 fully saturated rings. The molecule has 1 N–H and O–H groups in total. The lowest BCUT2D eigenvalue weighted by Gasteiger charge is -2.32. The minimum Gasteiger partial charge on any atom is -0.478 e. The van der Waals surface area contributed by atoms with Gasteiger partial charge in [0.25, 0.3) is 5.89 Å². The molecule has 8 nitrogen and oxygen atoms in total. The molecule has 5 rings (SSSR count). The third kappa shape index (κ3) is 3.79. The van der Waals surface area contributed by atoms with Crippen LogP contribution in [0.5, 0.6) is 0 Å². The molecular weight excluding hydrogens is 421 g/mol. The topological polar surface area (TPSA) is 108 Å². The maximum Gasteiger partial charge on any atom is 0.494 e. The first-order valence-electron chi connectivity index (χ1n) is 10.6. The predicted molar refractivity (Wildman–Crippen MR) is 123 cm³/mol. The number of aromatic nitrogens is 3. The number of carboxylic acid groups (broad SMARTS) is 1. The van der Waals surface area contributed by atoms with Crippen LogP contribution in [0, 0.1) is 0 Å². The van der Waals surface area contributed by atoms with Crippen LogP contribution >= 0.6 is 0 Å². The molecule has 166 valence electrons. The first-order chi connectivity index (χ1) is 15.6. The number of carboxylic acids is 1. The number of carbonyl (C=O) groups is 1. The standard InChI is InChI=1S/C24H22BN3O5/c1-23(2)24(3,4)33-25(32-23)18-10-9-16-11-17(13-26-19(16)12-18)21-27-20(28-31-21)14-5-7-15(8-6-14)22(29)30/h5-13H,1-4H3,(H,29,30). The van der Waals surface area contributed by atoms with Crippen LogP contribution < -0.4 is 5.46 Å². The summed E-state index contributed by atoms with van der Waals surface area (Å²) in [4.78, 5) is 20.0. The molecule has 33 heavy (non-hydrogen) atoms. The van der Waals surface area contributed by atoms with Gasteiger partial charge in [0.15, 0.2) is 0 Å². The highest BCUT2D eigenvalue weighted by molar-refractivity contribution is 6.62. The number of fused-ring (bicyclic) bond motifs is 1. The average molecular weight is 443 g/mol. The van der Waals surface area contributed by atoms with Crippen molar-refractivity contribution < 1.29 is 23.7 Å². The number of pyridine rings is 1. The number of rotatable bonds is 4. The number of benzene rings is 2. The highest BCUT2D eigenvalue weighted by Gasteiger charge is 2.51. The van der Waals surface area contributed by atoms with E-state index in [4.69, 9.17) is 18.9 Å². The molecular formula is C24H22BN3O5. The lowest BCUT2D eigenvalue weighted by Crippen LogP contribution is -2.41. The van der Waals surface area contributed by atoms with E-state index in [1.54, 1.807) is 18.3 Å². The first kappa shape index (κ1) is 21.3. The Morgan fingerprint density at radius 1 is 0.939 bits per heavy atom. The zero-order chi connectivity index (χ0) is 23.4. The molecule has 0 amide bonds. The van der Waals surface area contributed by atoms with Crippen molar-refractivity contribution in [2.45, 2.75) is 38.9 Å². The first-order valence-corrected chi connectivity index (χ1v) is 10.6. The number of hydrogen-bond acceptors (Lipinski definition) is 7. The van der Waals surface area contributed by atoms with E-state index in [0.29, 0.717) is 22.8 Å². The zero-order valence-corrected chi connectivity index (χ0v) is 18.7. The van der Waals surface area contributed by atoms with Crippen molar-refractivity contribution in [3.8, 4) is 22.8 Å². The second-order valence-electron chi connectivity index (χ2n) is 9.07. The third-order valence-corrected chi connectivity index (χ3v) is 6.30. The molecule has 0 unspecified atom stereocenters. The summed E-state index contributed by atoms with van der Waals surface area (Å²) in [5.41, 5.74) is 2.44. The molecule has 1 aliphatic rings. The number of nitrogens with zero attached hydrogens (tertiary/aromatic N) is 3. The van der Waals surface area contributed by atoms with Gasteiger partial charge in [-0.1, -0.05) is 29.4 Å². The van der Waals surface area contributed by atoms with Crippen LogP contribution in [0.4, 0.5) is 0 Å². The molecule has 2 aromatic heterocycles. The SMILES string of the molecule is CC1(C)OB(c2ccc3cc(-c4nc(-c5ccc(C(=O)O)cc5)no4)cnc3c2)OC1(C)C. The molecule has 0 aliphatic carbocycles. The van der Waals surface area contributed by atoms with Crippen molar-refractivity contribution in [2.75, 3.05) is 0 Å². The molecule has 3 heterocycles. The summed E-state index contributed by atoms with van der Waals surface area (Å²) in [5.74, 6) is -0.283. The summed E-state index contributed by atoms with van der Waals surface area (Å²) in [6.07, 6.45) is 1.68. The van der Waals surface area contributed by atoms with E-state index in [2.05, 4.69) is 15.1 Å². The van der Waals surface area contributed by atoms with E-state index >= 15 is 0 Å². The monoisotopic (exact) mass is 443 g/mol. The maximum absolute atomic E-state index is 11.0. The smallest absolute Gasteiger partial charge is 0.478 e. The van der Waals surface area contributed by atoms with Crippen LogP contribution in [0.2, 0.25) is 0 Å². The van der Waals surface area contributed by atoms with Gasteiger partial charge in [-0.2, -0.15) is 4.98 Å². The lowest BCUT2D eigenvalue weighted by atomic mass is 9.78. The molecule has 4 aromatic rings. The fraction of sp³-hybridized carbons (Fsp3) is 0.250. The fourth-order valence-electron chi connectivity index (χ4n) is 3.60. The van der Waals surface area contributed by atoms with Crippen molar-refractivity contribution in [3.05, 3.63) is 60.3 Å². The Morgan fingerprint density at radius 3 is 2.30 bits per heavy atom. The molecule has 2 aromatic carbocycles. The van der Waals surface area contributed by atoms with Crippen LogP contribution in [-0.4, -0.2) is 44.5 Å². The van der Waals surface area contributed by atoms with Gasteiger partial charge in [-0.15, -0.1) is 0 Å². The van der Waals surface area contributed by atoms with Gasteiger partial charge < -0.3 is 18.9 Å².